The maximum atomic E-state index is 8.62. The largest absolute Gasteiger partial charge is 0.409 e. The van der Waals surface area contributed by atoms with Crippen molar-refractivity contribution in [1.82, 2.24) is 4.98 Å². The fraction of sp³-hybridized carbons (Fsp3) is 0.333. The standard InChI is InChI=1S/C15H20N4O/c1-3-19(9-8-14(16)18-20)15-11(2)10-12-6-4-5-7-13(12)17-15/h4-7,10,20H,3,8-9H2,1-2H3,(H2,16,18). The molecule has 0 bridgehead atoms. The number of hydrogen-bond acceptors (Lipinski definition) is 4. The van der Waals surface area contributed by atoms with Crippen molar-refractivity contribution in [2.24, 2.45) is 10.9 Å². The van der Waals surface area contributed by atoms with E-state index in [-0.39, 0.29) is 5.84 Å². The SMILES string of the molecule is CCN(CCC(N)=NO)c1nc2ccccc2cc1C. The van der Waals surface area contributed by atoms with Crippen molar-refractivity contribution in [3.05, 3.63) is 35.9 Å². The van der Waals surface area contributed by atoms with E-state index in [4.69, 9.17) is 15.9 Å². The molecular formula is C15H20N4O. The van der Waals surface area contributed by atoms with Crippen LogP contribution in [0.1, 0.15) is 18.9 Å². The number of oxime groups is 1. The molecule has 5 nitrogen and oxygen atoms in total. The van der Waals surface area contributed by atoms with Gasteiger partial charge in [-0.2, -0.15) is 0 Å². The van der Waals surface area contributed by atoms with E-state index in [1.807, 2.05) is 18.2 Å². The Hall–Kier alpha value is -2.30. The molecule has 1 aromatic carbocycles. The molecule has 0 aliphatic carbocycles. The first kappa shape index (κ1) is 14.1. The second-order valence-corrected chi connectivity index (χ2v) is 4.74. The van der Waals surface area contributed by atoms with E-state index in [2.05, 4.69) is 36.0 Å². The Morgan fingerprint density at radius 1 is 1.40 bits per heavy atom. The minimum atomic E-state index is 0.238. The lowest BCUT2D eigenvalue weighted by Gasteiger charge is -2.23. The van der Waals surface area contributed by atoms with Gasteiger partial charge in [0.1, 0.15) is 11.7 Å². The van der Waals surface area contributed by atoms with Gasteiger partial charge in [0.15, 0.2) is 0 Å². The van der Waals surface area contributed by atoms with Gasteiger partial charge < -0.3 is 15.8 Å². The minimum absolute atomic E-state index is 0.238. The van der Waals surface area contributed by atoms with Crippen LogP contribution < -0.4 is 10.6 Å². The summed E-state index contributed by atoms with van der Waals surface area (Å²) < 4.78 is 0. The van der Waals surface area contributed by atoms with Crippen molar-refractivity contribution >= 4 is 22.6 Å². The van der Waals surface area contributed by atoms with Gasteiger partial charge >= 0.3 is 0 Å². The summed E-state index contributed by atoms with van der Waals surface area (Å²) in [7, 11) is 0. The zero-order valence-electron chi connectivity index (χ0n) is 11.9. The summed E-state index contributed by atoms with van der Waals surface area (Å²) in [5, 5.41) is 12.8. The summed E-state index contributed by atoms with van der Waals surface area (Å²) in [4.78, 5) is 6.87. The lowest BCUT2D eigenvalue weighted by Crippen LogP contribution is -2.29. The average molecular weight is 272 g/mol. The summed E-state index contributed by atoms with van der Waals surface area (Å²) in [5.74, 6) is 1.19. The lowest BCUT2D eigenvalue weighted by molar-refractivity contribution is 0.317. The number of hydrogen-bond donors (Lipinski definition) is 2. The van der Waals surface area contributed by atoms with Gasteiger partial charge in [0, 0.05) is 24.9 Å². The summed E-state index contributed by atoms with van der Waals surface area (Å²) in [5.41, 5.74) is 7.65. The number of anilines is 1. The number of fused-ring (bicyclic) bond motifs is 1. The molecule has 0 fully saturated rings. The monoisotopic (exact) mass is 272 g/mol. The lowest BCUT2D eigenvalue weighted by atomic mass is 10.1. The van der Waals surface area contributed by atoms with E-state index in [0.717, 1.165) is 28.8 Å². The van der Waals surface area contributed by atoms with Crippen LogP contribution in [0.5, 0.6) is 0 Å². The van der Waals surface area contributed by atoms with Crippen LogP contribution in [-0.2, 0) is 0 Å². The fourth-order valence-electron chi connectivity index (χ4n) is 2.24. The number of amidine groups is 1. The molecule has 0 saturated carbocycles. The van der Waals surface area contributed by atoms with E-state index >= 15 is 0 Å². The van der Waals surface area contributed by atoms with Gasteiger partial charge in [0.2, 0.25) is 0 Å². The van der Waals surface area contributed by atoms with Gasteiger partial charge in [-0.05, 0) is 31.5 Å². The number of nitrogens with two attached hydrogens (primary N) is 1. The number of nitrogens with zero attached hydrogens (tertiary/aromatic N) is 3. The summed E-state index contributed by atoms with van der Waals surface area (Å²) in [6.07, 6.45) is 0.512. The molecule has 0 spiro atoms. The molecule has 20 heavy (non-hydrogen) atoms. The average Bonchev–Trinajstić information content (AvgIpc) is 2.47. The highest BCUT2D eigenvalue weighted by Crippen LogP contribution is 2.22. The topological polar surface area (TPSA) is 74.7 Å². The van der Waals surface area contributed by atoms with E-state index in [9.17, 15) is 0 Å². The zero-order chi connectivity index (χ0) is 14.5. The van der Waals surface area contributed by atoms with Crippen molar-refractivity contribution in [2.45, 2.75) is 20.3 Å². The first-order valence-electron chi connectivity index (χ1n) is 6.73. The molecule has 2 aromatic rings. The van der Waals surface area contributed by atoms with Crippen LogP contribution in [0.2, 0.25) is 0 Å². The Morgan fingerprint density at radius 3 is 2.85 bits per heavy atom. The van der Waals surface area contributed by atoms with Gasteiger partial charge in [-0.3, -0.25) is 0 Å². The molecule has 0 saturated heterocycles. The summed E-state index contributed by atoms with van der Waals surface area (Å²) >= 11 is 0. The Kier molecular flexibility index (Phi) is 4.40. The second-order valence-electron chi connectivity index (χ2n) is 4.74. The Balaban J connectivity index is 2.31. The van der Waals surface area contributed by atoms with Gasteiger partial charge in [-0.1, -0.05) is 23.4 Å². The predicted molar refractivity (Wildman–Crippen MR) is 82.4 cm³/mol. The highest BCUT2D eigenvalue weighted by atomic mass is 16.4. The van der Waals surface area contributed by atoms with E-state index in [0.29, 0.717) is 13.0 Å². The number of aromatic nitrogens is 1. The maximum Gasteiger partial charge on any atom is 0.140 e. The van der Waals surface area contributed by atoms with E-state index in [1.54, 1.807) is 0 Å². The van der Waals surface area contributed by atoms with E-state index < -0.39 is 0 Å². The number of pyridine rings is 1. The quantitative estimate of drug-likeness (QED) is 0.379. The van der Waals surface area contributed by atoms with Crippen LogP contribution >= 0.6 is 0 Å². The molecule has 0 aliphatic heterocycles. The van der Waals surface area contributed by atoms with Crippen LogP contribution in [-0.4, -0.2) is 29.1 Å². The highest BCUT2D eigenvalue weighted by Gasteiger charge is 2.11. The summed E-state index contributed by atoms with van der Waals surface area (Å²) in [6, 6.07) is 10.2. The third kappa shape index (κ3) is 2.99. The normalized spacial score (nSPS) is 11.8. The smallest absolute Gasteiger partial charge is 0.140 e. The molecular weight excluding hydrogens is 252 g/mol. The molecule has 1 aromatic heterocycles. The molecule has 2 rings (SSSR count). The van der Waals surface area contributed by atoms with Gasteiger partial charge in [-0.15, -0.1) is 0 Å². The maximum absolute atomic E-state index is 8.62. The summed E-state index contributed by atoms with van der Waals surface area (Å²) in [6.45, 7) is 5.63. The minimum Gasteiger partial charge on any atom is -0.409 e. The van der Waals surface area contributed by atoms with Crippen molar-refractivity contribution in [2.75, 3.05) is 18.0 Å². The zero-order valence-corrected chi connectivity index (χ0v) is 11.9. The number of rotatable bonds is 5. The van der Waals surface area contributed by atoms with Crippen molar-refractivity contribution in [3.8, 4) is 0 Å². The van der Waals surface area contributed by atoms with Crippen LogP contribution in [0, 0.1) is 6.92 Å². The van der Waals surface area contributed by atoms with Crippen molar-refractivity contribution < 1.29 is 5.21 Å². The molecule has 3 N–H and O–H groups in total. The number of para-hydroxylation sites is 1. The molecule has 5 heteroatoms. The van der Waals surface area contributed by atoms with Crippen molar-refractivity contribution in [1.29, 1.82) is 0 Å². The van der Waals surface area contributed by atoms with Crippen LogP contribution in [0.15, 0.2) is 35.5 Å². The van der Waals surface area contributed by atoms with Gasteiger partial charge in [-0.25, -0.2) is 4.98 Å². The van der Waals surface area contributed by atoms with E-state index in [1.165, 1.54) is 0 Å². The Bertz CT molecular complexity index is 624. The van der Waals surface area contributed by atoms with Gasteiger partial charge in [0.25, 0.3) is 0 Å². The number of benzene rings is 1. The number of aryl methyl sites for hydroxylation is 1. The van der Waals surface area contributed by atoms with Gasteiger partial charge in [0.05, 0.1) is 5.52 Å². The third-order valence-corrected chi connectivity index (χ3v) is 3.34. The van der Waals surface area contributed by atoms with Crippen LogP contribution in [0.3, 0.4) is 0 Å². The molecule has 0 unspecified atom stereocenters. The Morgan fingerprint density at radius 2 is 2.15 bits per heavy atom. The first-order valence-corrected chi connectivity index (χ1v) is 6.73. The molecule has 106 valence electrons. The van der Waals surface area contributed by atoms with Crippen LogP contribution in [0.4, 0.5) is 5.82 Å². The fourth-order valence-corrected chi connectivity index (χ4v) is 2.24. The molecule has 0 radical (unpaired) electrons. The predicted octanol–water partition coefficient (Wildman–Crippen LogP) is 2.51. The Labute approximate surface area is 118 Å². The highest BCUT2D eigenvalue weighted by molar-refractivity contribution is 5.82. The first-order chi connectivity index (χ1) is 9.65. The second kappa shape index (κ2) is 6.23. The van der Waals surface area contributed by atoms with Crippen LogP contribution in [0.25, 0.3) is 10.9 Å². The molecule has 0 atom stereocenters. The molecule has 1 heterocycles. The molecule has 0 amide bonds. The van der Waals surface area contributed by atoms with Crippen molar-refractivity contribution in [3.63, 3.8) is 0 Å². The third-order valence-electron chi connectivity index (χ3n) is 3.34. The molecule has 0 aliphatic rings.